The van der Waals surface area contributed by atoms with E-state index in [2.05, 4.69) is 14.7 Å². The molecule has 1 N–H and O–H groups in total. The van der Waals surface area contributed by atoms with Crippen LogP contribution in [0.4, 0.5) is 5.69 Å². The molecule has 0 saturated carbocycles. The van der Waals surface area contributed by atoms with Crippen molar-refractivity contribution in [3.63, 3.8) is 0 Å². The van der Waals surface area contributed by atoms with E-state index in [1.807, 2.05) is 47.7 Å². The maximum atomic E-state index is 12.7. The van der Waals surface area contributed by atoms with Crippen LogP contribution in [0.5, 0.6) is 0 Å². The molecule has 0 bridgehead atoms. The molecule has 0 atom stereocenters. The van der Waals surface area contributed by atoms with E-state index in [1.54, 1.807) is 12.1 Å². The second-order valence-corrected chi connectivity index (χ2v) is 9.73. The molecule has 7 nitrogen and oxygen atoms in total. The van der Waals surface area contributed by atoms with E-state index in [9.17, 15) is 13.2 Å². The topological polar surface area (TPSA) is 91.7 Å². The van der Waals surface area contributed by atoms with E-state index in [-0.39, 0.29) is 17.2 Å². The predicted molar refractivity (Wildman–Crippen MR) is 123 cm³/mol. The van der Waals surface area contributed by atoms with Gasteiger partial charge >= 0.3 is 0 Å². The SMILES string of the molecule is CN1CCC/C1=N\S(=O)(=O)c1cccc(NC(=O)Cc2csc(-c3ccccc3)n2)c1. The number of hydrogen-bond acceptors (Lipinski definition) is 5. The van der Waals surface area contributed by atoms with Crippen molar-refractivity contribution in [1.29, 1.82) is 0 Å². The molecule has 9 heteroatoms. The fourth-order valence-electron chi connectivity index (χ4n) is 3.31. The van der Waals surface area contributed by atoms with Gasteiger partial charge in [-0.25, -0.2) is 4.98 Å². The monoisotopic (exact) mass is 454 g/mol. The van der Waals surface area contributed by atoms with Crippen LogP contribution in [0.15, 0.2) is 69.3 Å². The van der Waals surface area contributed by atoms with E-state index in [4.69, 9.17) is 0 Å². The molecule has 1 amide bonds. The number of nitrogens with zero attached hydrogens (tertiary/aromatic N) is 3. The molecule has 31 heavy (non-hydrogen) atoms. The third-order valence-electron chi connectivity index (χ3n) is 4.89. The number of nitrogens with one attached hydrogen (secondary N) is 1. The highest BCUT2D eigenvalue weighted by molar-refractivity contribution is 7.90. The molecule has 1 aliphatic heterocycles. The molecule has 0 spiro atoms. The highest BCUT2D eigenvalue weighted by Gasteiger charge is 2.20. The molecule has 1 aliphatic rings. The zero-order valence-corrected chi connectivity index (χ0v) is 18.6. The maximum absolute atomic E-state index is 12.7. The first-order chi connectivity index (χ1) is 14.9. The van der Waals surface area contributed by atoms with Crippen LogP contribution in [0, 0.1) is 0 Å². The van der Waals surface area contributed by atoms with E-state index < -0.39 is 10.0 Å². The molecule has 4 rings (SSSR count). The minimum Gasteiger partial charge on any atom is -0.362 e. The van der Waals surface area contributed by atoms with Crippen molar-refractivity contribution < 1.29 is 13.2 Å². The van der Waals surface area contributed by atoms with Gasteiger partial charge in [-0.2, -0.15) is 8.42 Å². The summed E-state index contributed by atoms with van der Waals surface area (Å²) in [5, 5.41) is 5.47. The number of thiazole rings is 1. The number of likely N-dealkylation sites (tertiary alicyclic amines) is 1. The predicted octanol–water partition coefficient (Wildman–Crippen LogP) is 3.80. The summed E-state index contributed by atoms with van der Waals surface area (Å²) in [5.41, 5.74) is 2.08. The first-order valence-electron chi connectivity index (χ1n) is 9.85. The Kier molecular flexibility index (Phi) is 6.15. The van der Waals surface area contributed by atoms with Crippen LogP contribution in [0.25, 0.3) is 10.6 Å². The summed E-state index contributed by atoms with van der Waals surface area (Å²) in [6.45, 7) is 0.799. The Morgan fingerprint density at radius 2 is 2.00 bits per heavy atom. The van der Waals surface area contributed by atoms with Gasteiger partial charge in [0.05, 0.1) is 17.0 Å². The van der Waals surface area contributed by atoms with Crippen LogP contribution in [-0.2, 0) is 21.2 Å². The van der Waals surface area contributed by atoms with E-state index >= 15 is 0 Å². The third-order valence-corrected chi connectivity index (χ3v) is 7.13. The van der Waals surface area contributed by atoms with Gasteiger partial charge in [-0.1, -0.05) is 36.4 Å². The van der Waals surface area contributed by atoms with Gasteiger partial charge in [0, 0.05) is 36.6 Å². The summed E-state index contributed by atoms with van der Waals surface area (Å²) in [6.07, 6.45) is 1.64. The number of aromatic nitrogens is 1. The number of carbonyl (C=O) groups excluding carboxylic acids is 1. The Labute approximate surface area is 185 Å². The average molecular weight is 455 g/mol. The van der Waals surface area contributed by atoms with Gasteiger partial charge in [0.1, 0.15) is 10.8 Å². The number of anilines is 1. The number of amidine groups is 1. The molecule has 1 saturated heterocycles. The minimum absolute atomic E-state index is 0.0538. The number of sulfonamides is 1. The lowest BCUT2D eigenvalue weighted by molar-refractivity contribution is -0.115. The average Bonchev–Trinajstić information content (AvgIpc) is 3.38. The summed E-state index contributed by atoms with van der Waals surface area (Å²) < 4.78 is 29.3. The molecule has 0 radical (unpaired) electrons. The Bertz CT molecular complexity index is 1220. The lowest BCUT2D eigenvalue weighted by atomic mass is 10.2. The molecule has 3 aromatic rings. The lowest BCUT2D eigenvalue weighted by Crippen LogP contribution is -2.20. The van der Waals surface area contributed by atoms with Crippen molar-refractivity contribution in [3.8, 4) is 10.6 Å². The molecular weight excluding hydrogens is 432 g/mol. The van der Waals surface area contributed by atoms with E-state index in [0.29, 0.717) is 23.6 Å². The number of rotatable bonds is 6. The summed E-state index contributed by atoms with van der Waals surface area (Å²) in [5.74, 6) is 0.300. The van der Waals surface area contributed by atoms with Crippen LogP contribution in [0.1, 0.15) is 18.5 Å². The van der Waals surface area contributed by atoms with E-state index in [1.165, 1.54) is 23.5 Å². The van der Waals surface area contributed by atoms with Crippen LogP contribution in [-0.4, -0.2) is 43.6 Å². The van der Waals surface area contributed by atoms with Crippen LogP contribution >= 0.6 is 11.3 Å². The van der Waals surface area contributed by atoms with Gasteiger partial charge in [-0.05, 0) is 24.6 Å². The second kappa shape index (κ2) is 8.99. The van der Waals surface area contributed by atoms with Crippen LogP contribution < -0.4 is 5.32 Å². The summed E-state index contributed by atoms with van der Waals surface area (Å²) in [4.78, 5) is 18.9. The van der Waals surface area contributed by atoms with Gasteiger partial charge in [-0.3, -0.25) is 4.79 Å². The van der Waals surface area contributed by atoms with Crippen molar-refractivity contribution in [2.75, 3.05) is 18.9 Å². The Hall–Kier alpha value is -3.04. The summed E-state index contributed by atoms with van der Waals surface area (Å²) in [6, 6.07) is 15.9. The Morgan fingerprint density at radius 1 is 1.19 bits per heavy atom. The lowest BCUT2D eigenvalue weighted by Gasteiger charge is -2.11. The van der Waals surface area contributed by atoms with Crippen molar-refractivity contribution in [2.45, 2.75) is 24.2 Å². The number of carbonyl (C=O) groups is 1. The smallest absolute Gasteiger partial charge is 0.284 e. The molecule has 0 unspecified atom stereocenters. The highest BCUT2D eigenvalue weighted by Crippen LogP contribution is 2.24. The first kappa shape index (κ1) is 21.2. The number of amides is 1. The second-order valence-electron chi connectivity index (χ2n) is 7.27. The molecule has 2 aromatic carbocycles. The van der Waals surface area contributed by atoms with Crippen molar-refractivity contribution in [2.24, 2.45) is 4.40 Å². The van der Waals surface area contributed by atoms with Crippen LogP contribution in [0.3, 0.4) is 0 Å². The number of benzene rings is 2. The minimum atomic E-state index is -3.84. The van der Waals surface area contributed by atoms with Crippen molar-refractivity contribution in [1.82, 2.24) is 9.88 Å². The van der Waals surface area contributed by atoms with Crippen molar-refractivity contribution in [3.05, 3.63) is 65.7 Å². The van der Waals surface area contributed by atoms with Gasteiger partial charge in [-0.15, -0.1) is 15.7 Å². The van der Waals surface area contributed by atoms with E-state index in [0.717, 1.165) is 23.5 Å². The molecular formula is C22H22N4O3S2. The fourth-order valence-corrected chi connectivity index (χ4v) is 5.27. The Morgan fingerprint density at radius 3 is 2.74 bits per heavy atom. The van der Waals surface area contributed by atoms with Gasteiger partial charge in [0.2, 0.25) is 5.91 Å². The fraction of sp³-hybridized carbons (Fsp3) is 0.227. The number of hydrogen-bond donors (Lipinski definition) is 1. The summed E-state index contributed by atoms with van der Waals surface area (Å²) in [7, 11) is -2.00. The third kappa shape index (κ3) is 5.18. The molecule has 0 aliphatic carbocycles. The largest absolute Gasteiger partial charge is 0.362 e. The molecule has 1 fully saturated rings. The highest BCUT2D eigenvalue weighted by atomic mass is 32.2. The molecule has 1 aromatic heterocycles. The Balaban J connectivity index is 1.44. The quantitative estimate of drug-likeness (QED) is 0.612. The van der Waals surface area contributed by atoms with Gasteiger partial charge < -0.3 is 10.2 Å². The maximum Gasteiger partial charge on any atom is 0.284 e. The zero-order valence-electron chi connectivity index (χ0n) is 17.0. The first-order valence-corrected chi connectivity index (χ1v) is 12.2. The van der Waals surface area contributed by atoms with Crippen molar-refractivity contribution >= 4 is 38.8 Å². The summed E-state index contributed by atoms with van der Waals surface area (Å²) >= 11 is 1.48. The zero-order chi connectivity index (χ0) is 21.8. The molecule has 2 heterocycles. The van der Waals surface area contributed by atoms with Gasteiger partial charge in [0.15, 0.2) is 0 Å². The van der Waals surface area contributed by atoms with Gasteiger partial charge in [0.25, 0.3) is 10.0 Å². The normalized spacial score (nSPS) is 15.4. The molecule has 160 valence electrons. The standard InChI is InChI=1S/C22H22N4O3S2/c1-26-12-6-11-20(26)25-31(28,29)19-10-5-9-17(13-19)23-21(27)14-18-15-30-22(24-18)16-7-3-2-4-8-16/h2-5,7-10,13,15H,6,11-12,14H2,1H3,(H,23,27)/b25-20+. The van der Waals surface area contributed by atoms with Crippen LogP contribution in [0.2, 0.25) is 0 Å².